The number of ether oxygens (including phenoxy) is 1. The van der Waals surface area contributed by atoms with Crippen molar-refractivity contribution in [2.75, 3.05) is 25.1 Å². The fraction of sp³-hybridized carbons (Fsp3) is 0.500. The van der Waals surface area contributed by atoms with Gasteiger partial charge in [-0.3, -0.25) is 4.79 Å². The highest BCUT2D eigenvalue weighted by Gasteiger charge is 2.41. The first-order valence-electron chi connectivity index (χ1n) is 6.45. The largest absolute Gasteiger partial charge is 0.494 e. The Morgan fingerprint density at radius 2 is 2.21 bits per heavy atom. The lowest BCUT2D eigenvalue weighted by atomic mass is 10.1. The summed E-state index contributed by atoms with van der Waals surface area (Å²) >= 11 is 1.83. The number of benzene rings is 1. The molecule has 0 saturated heterocycles. The smallest absolute Gasteiger partial charge is 0.251 e. The third-order valence-corrected chi connectivity index (χ3v) is 4.73. The zero-order valence-corrected chi connectivity index (χ0v) is 12.2. The summed E-state index contributed by atoms with van der Waals surface area (Å²) in [6.07, 6.45) is 4.44. The first-order chi connectivity index (χ1) is 9.08. The van der Waals surface area contributed by atoms with Crippen LogP contribution in [0.2, 0.25) is 0 Å². The van der Waals surface area contributed by atoms with Gasteiger partial charge in [-0.25, -0.2) is 0 Å². The van der Waals surface area contributed by atoms with Crippen molar-refractivity contribution in [1.29, 1.82) is 0 Å². The minimum Gasteiger partial charge on any atom is -0.494 e. The molecule has 0 spiro atoms. The Kier molecular flexibility index (Phi) is 4.24. The van der Waals surface area contributed by atoms with Gasteiger partial charge in [0.05, 0.1) is 6.61 Å². The number of amides is 1. The van der Waals surface area contributed by atoms with Gasteiger partial charge < -0.3 is 15.8 Å². The highest BCUT2D eigenvalue weighted by atomic mass is 32.2. The molecular formula is C14H20N2O2S. The summed E-state index contributed by atoms with van der Waals surface area (Å²) in [6, 6.07) is 5.13. The first kappa shape index (κ1) is 14.1. The Bertz CT molecular complexity index is 473. The molecule has 1 aromatic rings. The third kappa shape index (κ3) is 3.56. The lowest BCUT2D eigenvalue weighted by molar-refractivity contribution is 0.0952. The van der Waals surface area contributed by atoms with Gasteiger partial charge in [-0.15, -0.1) is 0 Å². The second-order valence-corrected chi connectivity index (χ2v) is 6.07. The number of carbonyl (C=O) groups is 1. The van der Waals surface area contributed by atoms with Gasteiger partial charge in [-0.2, -0.15) is 11.8 Å². The number of anilines is 1. The van der Waals surface area contributed by atoms with E-state index in [2.05, 4.69) is 11.6 Å². The Morgan fingerprint density at radius 1 is 1.47 bits per heavy atom. The SMILES string of the molecule is CCOc1cc(N)cc(C(=O)NCC2(SC)CC2)c1. The lowest BCUT2D eigenvalue weighted by Gasteiger charge is -2.14. The molecule has 3 N–H and O–H groups in total. The van der Waals surface area contributed by atoms with Gasteiger partial charge in [0.15, 0.2) is 0 Å². The average Bonchev–Trinajstić information content (AvgIpc) is 3.16. The van der Waals surface area contributed by atoms with E-state index in [1.54, 1.807) is 18.2 Å². The third-order valence-electron chi connectivity index (χ3n) is 3.31. The molecule has 1 aromatic carbocycles. The number of carbonyl (C=O) groups excluding carboxylic acids is 1. The van der Waals surface area contributed by atoms with Gasteiger partial charge in [0, 0.05) is 28.6 Å². The van der Waals surface area contributed by atoms with Crippen molar-refractivity contribution in [3.63, 3.8) is 0 Å². The Balaban J connectivity index is 2.01. The highest BCUT2D eigenvalue weighted by molar-refractivity contribution is 8.00. The molecule has 0 heterocycles. The quantitative estimate of drug-likeness (QED) is 0.785. The molecular weight excluding hydrogens is 260 g/mol. The van der Waals surface area contributed by atoms with Gasteiger partial charge in [0.1, 0.15) is 5.75 Å². The predicted octanol–water partition coefficient (Wildman–Crippen LogP) is 2.29. The van der Waals surface area contributed by atoms with Crippen LogP contribution < -0.4 is 15.8 Å². The fourth-order valence-electron chi connectivity index (χ4n) is 1.94. The van der Waals surface area contributed by atoms with Crippen LogP contribution in [0.3, 0.4) is 0 Å². The normalized spacial score (nSPS) is 15.9. The molecule has 1 amide bonds. The molecule has 4 nitrogen and oxygen atoms in total. The monoisotopic (exact) mass is 280 g/mol. The van der Waals surface area contributed by atoms with E-state index >= 15 is 0 Å². The van der Waals surface area contributed by atoms with E-state index in [9.17, 15) is 4.79 Å². The van der Waals surface area contributed by atoms with Crippen molar-refractivity contribution in [2.45, 2.75) is 24.5 Å². The van der Waals surface area contributed by atoms with Crippen molar-refractivity contribution < 1.29 is 9.53 Å². The van der Waals surface area contributed by atoms with Crippen LogP contribution in [0.5, 0.6) is 5.75 Å². The molecule has 1 aliphatic carbocycles. The molecule has 1 aliphatic rings. The first-order valence-corrected chi connectivity index (χ1v) is 7.68. The number of thioether (sulfide) groups is 1. The van der Waals surface area contributed by atoms with E-state index in [1.807, 2.05) is 18.7 Å². The van der Waals surface area contributed by atoms with Crippen molar-refractivity contribution in [2.24, 2.45) is 0 Å². The Labute approximate surface area is 118 Å². The lowest BCUT2D eigenvalue weighted by Crippen LogP contribution is -2.31. The standard InChI is InChI=1S/C14H20N2O2S/c1-3-18-12-7-10(6-11(15)8-12)13(17)16-9-14(19-2)4-5-14/h6-8H,3-5,9,15H2,1-2H3,(H,16,17). The van der Waals surface area contributed by atoms with Crippen LogP contribution in [0.15, 0.2) is 18.2 Å². The number of nitrogens with one attached hydrogen (secondary N) is 1. The summed E-state index contributed by atoms with van der Waals surface area (Å²) in [5.74, 6) is 0.548. The summed E-state index contributed by atoms with van der Waals surface area (Å²) in [7, 11) is 0. The summed E-state index contributed by atoms with van der Waals surface area (Å²) in [4.78, 5) is 12.1. The molecule has 0 atom stereocenters. The van der Waals surface area contributed by atoms with Crippen LogP contribution in [0.1, 0.15) is 30.1 Å². The summed E-state index contributed by atoms with van der Waals surface area (Å²) in [5.41, 5.74) is 6.88. The fourth-order valence-corrected chi connectivity index (χ4v) is 2.67. The van der Waals surface area contributed by atoms with Gasteiger partial charge in [-0.1, -0.05) is 0 Å². The van der Waals surface area contributed by atoms with Crippen molar-refractivity contribution in [1.82, 2.24) is 5.32 Å². The Hall–Kier alpha value is -1.36. The van der Waals surface area contributed by atoms with E-state index in [1.165, 1.54) is 12.8 Å². The molecule has 0 aliphatic heterocycles. The number of hydrogen-bond acceptors (Lipinski definition) is 4. The topological polar surface area (TPSA) is 64.3 Å². The van der Waals surface area contributed by atoms with Gasteiger partial charge >= 0.3 is 0 Å². The van der Waals surface area contributed by atoms with Gasteiger partial charge in [0.25, 0.3) is 5.91 Å². The molecule has 5 heteroatoms. The molecule has 104 valence electrons. The number of nitrogens with two attached hydrogens (primary N) is 1. The van der Waals surface area contributed by atoms with Crippen molar-refractivity contribution in [3.8, 4) is 5.75 Å². The van der Waals surface area contributed by atoms with Crippen molar-refractivity contribution >= 4 is 23.4 Å². The van der Waals surface area contributed by atoms with E-state index in [-0.39, 0.29) is 10.7 Å². The van der Waals surface area contributed by atoms with Crippen LogP contribution in [-0.4, -0.2) is 30.1 Å². The minimum atomic E-state index is -0.0893. The molecule has 0 bridgehead atoms. The predicted molar refractivity (Wildman–Crippen MR) is 79.8 cm³/mol. The molecule has 1 fully saturated rings. The maximum Gasteiger partial charge on any atom is 0.251 e. The van der Waals surface area contributed by atoms with Crippen LogP contribution in [-0.2, 0) is 0 Å². The van der Waals surface area contributed by atoms with Crippen LogP contribution >= 0.6 is 11.8 Å². The van der Waals surface area contributed by atoms with Crippen LogP contribution in [0, 0.1) is 0 Å². The summed E-state index contributed by atoms with van der Waals surface area (Å²) in [5, 5.41) is 2.98. The number of rotatable bonds is 6. The van der Waals surface area contributed by atoms with Gasteiger partial charge in [0.2, 0.25) is 0 Å². The van der Waals surface area contributed by atoms with E-state index < -0.39 is 0 Å². The molecule has 0 unspecified atom stereocenters. The maximum atomic E-state index is 12.1. The number of hydrogen-bond donors (Lipinski definition) is 2. The zero-order valence-electron chi connectivity index (χ0n) is 11.4. The highest BCUT2D eigenvalue weighted by Crippen LogP contribution is 2.46. The minimum absolute atomic E-state index is 0.0893. The van der Waals surface area contributed by atoms with E-state index in [0.29, 0.717) is 30.2 Å². The van der Waals surface area contributed by atoms with Crippen molar-refractivity contribution in [3.05, 3.63) is 23.8 Å². The molecule has 0 radical (unpaired) electrons. The maximum absolute atomic E-state index is 12.1. The van der Waals surface area contributed by atoms with Crippen LogP contribution in [0.25, 0.3) is 0 Å². The molecule has 1 saturated carbocycles. The summed E-state index contributed by atoms with van der Waals surface area (Å²) in [6.45, 7) is 3.17. The molecule has 19 heavy (non-hydrogen) atoms. The second kappa shape index (κ2) is 5.74. The average molecular weight is 280 g/mol. The van der Waals surface area contributed by atoms with Gasteiger partial charge in [-0.05, 0) is 38.2 Å². The second-order valence-electron chi connectivity index (χ2n) is 4.79. The van der Waals surface area contributed by atoms with E-state index in [0.717, 1.165) is 0 Å². The summed E-state index contributed by atoms with van der Waals surface area (Å²) < 4.78 is 5.65. The van der Waals surface area contributed by atoms with Crippen LogP contribution in [0.4, 0.5) is 5.69 Å². The van der Waals surface area contributed by atoms with E-state index in [4.69, 9.17) is 10.5 Å². The zero-order chi connectivity index (χ0) is 13.9. The molecule has 0 aromatic heterocycles. The molecule has 2 rings (SSSR count). The number of nitrogen functional groups attached to an aromatic ring is 1. The Morgan fingerprint density at radius 3 is 2.79 bits per heavy atom.